The van der Waals surface area contributed by atoms with Crippen molar-refractivity contribution < 1.29 is 13.9 Å². The van der Waals surface area contributed by atoms with E-state index in [9.17, 15) is 4.39 Å². The fourth-order valence-corrected chi connectivity index (χ4v) is 3.46. The molecule has 1 aliphatic rings. The molecule has 2 aromatic rings. The summed E-state index contributed by atoms with van der Waals surface area (Å²) < 4.78 is 25.2. The Morgan fingerprint density at radius 1 is 1.21 bits per heavy atom. The van der Waals surface area contributed by atoms with Crippen LogP contribution in [0.25, 0.3) is 0 Å². The first-order valence-electron chi connectivity index (χ1n) is 10.1. The number of hydrogen-bond donors (Lipinski definition) is 2. The number of halogens is 1. The molecule has 1 aliphatic heterocycles. The molecule has 0 radical (unpaired) electrons. The zero-order chi connectivity index (χ0) is 20.6. The molecule has 0 aromatic heterocycles. The molecule has 1 fully saturated rings. The van der Waals surface area contributed by atoms with Gasteiger partial charge >= 0.3 is 0 Å². The molecule has 1 unspecified atom stereocenters. The quantitative estimate of drug-likeness (QED) is 0.520. The Labute approximate surface area is 171 Å². The normalized spacial score (nSPS) is 16.7. The molecule has 0 aliphatic carbocycles. The summed E-state index contributed by atoms with van der Waals surface area (Å²) in [6.45, 7) is 7.16. The molecule has 0 bridgehead atoms. The first-order chi connectivity index (χ1) is 14.1. The average Bonchev–Trinajstić information content (AvgIpc) is 3.18. The monoisotopic (exact) mass is 400 g/mol. The maximum absolute atomic E-state index is 14.0. The van der Waals surface area contributed by atoms with Gasteiger partial charge in [0, 0.05) is 25.7 Å². The number of ether oxygens (including phenoxy) is 2. The van der Waals surface area contributed by atoms with Crippen LogP contribution in [0.3, 0.4) is 0 Å². The van der Waals surface area contributed by atoms with Crippen LogP contribution < -0.4 is 25.4 Å². The molecule has 156 valence electrons. The molecule has 3 N–H and O–H groups in total. The van der Waals surface area contributed by atoms with Crippen LogP contribution in [0.5, 0.6) is 11.5 Å². The lowest BCUT2D eigenvalue weighted by Crippen LogP contribution is -2.25. The molecule has 29 heavy (non-hydrogen) atoms. The number of nitrogens with two attached hydrogens (primary N) is 1. The van der Waals surface area contributed by atoms with E-state index in [0.717, 1.165) is 30.9 Å². The number of rotatable bonds is 8. The zero-order valence-electron chi connectivity index (χ0n) is 17.0. The van der Waals surface area contributed by atoms with Gasteiger partial charge in [-0.1, -0.05) is 12.1 Å². The third kappa shape index (κ3) is 5.53. The number of nitrogens with zero attached hydrogens (tertiary/aromatic N) is 2. The number of para-hydroxylation sites is 1. The van der Waals surface area contributed by atoms with E-state index in [1.165, 1.54) is 6.07 Å². The summed E-state index contributed by atoms with van der Waals surface area (Å²) in [7, 11) is 0. The van der Waals surface area contributed by atoms with Crippen LogP contribution in [0.1, 0.15) is 20.3 Å². The number of benzene rings is 2. The lowest BCUT2D eigenvalue weighted by molar-refractivity contribution is 0.332. The Morgan fingerprint density at radius 2 is 2.00 bits per heavy atom. The van der Waals surface area contributed by atoms with Gasteiger partial charge in [-0.3, -0.25) is 4.99 Å². The maximum Gasteiger partial charge on any atom is 0.193 e. The Balaban J connectivity index is 1.61. The maximum atomic E-state index is 14.0. The second kappa shape index (κ2) is 10.0. The van der Waals surface area contributed by atoms with Crippen LogP contribution >= 0.6 is 0 Å². The van der Waals surface area contributed by atoms with Gasteiger partial charge in [0.25, 0.3) is 0 Å². The topological polar surface area (TPSA) is 72.1 Å². The van der Waals surface area contributed by atoms with Gasteiger partial charge < -0.3 is 25.4 Å². The van der Waals surface area contributed by atoms with Crippen molar-refractivity contribution in [3.05, 3.63) is 48.3 Å². The highest BCUT2D eigenvalue weighted by molar-refractivity contribution is 5.94. The predicted octanol–water partition coefficient (Wildman–Crippen LogP) is 3.88. The van der Waals surface area contributed by atoms with Gasteiger partial charge in [-0.2, -0.15) is 0 Å². The van der Waals surface area contributed by atoms with E-state index in [4.69, 9.17) is 15.2 Å². The summed E-state index contributed by atoms with van der Waals surface area (Å²) in [5.74, 6) is 1.90. The van der Waals surface area contributed by atoms with Crippen molar-refractivity contribution in [1.82, 2.24) is 0 Å². The van der Waals surface area contributed by atoms with Gasteiger partial charge in [-0.15, -0.1) is 0 Å². The highest BCUT2D eigenvalue weighted by Gasteiger charge is 2.24. The predicted molar refractivity (Wildman–Crippen MR) is 116 cm³/mol. The molecule has 0 amide bonds. The van der Waals surface area contributed by atoms with Crippen LogP contribution in [0.2, 0.25) is 0 Å². The summed E-state index contributed by atoms with van der Waals surface area (Å²) in [5.41, 5.74) is 7.48. The van der Waals surface area contributed by atoms with E-state index in [1.807, 2.05) is 44.2 Å². The Bertz CT molecular complexity index is 843. The van der Waals surface area contributed by atoms with Crippen LogP contribution in [0.15, 0.2) is 47.5 Å². The molecule has 0 spiro atoms. The Morgan fingerprint density at radius 3 is 2.76 bits per heavy atom. The number of aliphatic imine (C=N–C) groups is 1. The lowest BCUT2D eigenvalue weighted by atomic mass is 10.1. The number of anilines is 2. The largest absolute Gasteiger partial charge is 0.494 e. The molecule has 1 saturated heterocycles. The van der Waals surface area contributed by atoms with Crippen molar-refractivity contribution >= 4 is 17.3 Å². The van der Waals surface area contributed by atoms with Crippen LogP contribution in [0.4, 0.5) is 15.8 Å². The second-order valence-electron chi connectivity index (χ2n) is 6.93. The smallest absolute Gasteiger partial charge is 0.193 e. The molecule has 1 heterocycles. The molecular formula is C22H29FN4O2. The third-order valence-corrected chi connectivity index (χ3v) is 4.82. The van der Waals surface area contributed by atoms with E-state index in [0.29, 0.717) is 43.1 Å². The molecule has 7 heteroatoms. The van der Waals surface area contributed by atoms with Crippen molar-refractivity contribution in [2.75, 3.05) is 43.1 Å². The minimum atomic E-state index is -0.185. The summed E-state index contributed by atoms with van der Waals surface area (Å²) >= 11 is 0. The fraction of sp³-hybridized carbons (Fsp3) is 0.409. The van der Waals surface area contributed by atoms with Crippen LogP contribution in [-0.4, -0.2) is 38.8 Å². The van der Waals surface area contributed by atoms with Gasteiger partial charge in [0.15, 0.2) is 5.96 Å². The Hall–Kier alpha value is -2.96. The first-order valence-corrected chi connectivity index (χ1v) is 10.1. The first kappa shape index (κ1) is 20.8. The standard InChI is InChI=1S/C22H29FN4O2/c1-3-28-17-9-10-21(29-4-2)19(13-17)26-22(24)25-14-16-11-12-27(15-16)20-8-6-5-7-18(20)23/h5-10,13,16H,3-4,11-12,14-15H2,1-2H3,(H3,24,25,26). The molecule has 2 aromatic carbocycles. The average molecular weight is 400 g/mol. The van der Waals surface area contributed by atoms with Crippen molar-refractivity contribution in [2.24, 2.45) is 16.6 Å². The van der Waals surface area contributed by atoms with Crippen molar-refractivity contribution in [1.29, 1.82) is 0 Å². The molecule has 1 atom stereocenters. The highest BCUT2D eigenvalue weighted by atomic mass is 19.1. The van der Waals surface area contributed by atoms with Crippen LogP contribution in [0, 0.1) is 11.7 Å². The molecule has 3 rings (SSSR count). The summed E-state index contributed by atoms with van der Waals surface area (Å²) in [4.78, 5) is 6.56. The third-order valence-electron chi connectivity index (χ3n) is 4.82. The SMILES string of the molecule is CCOc1ccc(OCC)c(NC(N)=NCC2CCN(c3ccccc3F)C2)c1. The van der Waals surface area contributed by atoms with E-state index in [-0.39, 0.29) is 5.82 Å². The van der Waals surface area contributed by atoms with Crippen molar-refractivity contribution in [3.8, 4) is 11.5 Å². The van der Waals surface area contributed by atoms with E-state index < -0.39 is 0 Å². The van der Waals surface area contributed by atoms with Crippen molar-refractivity contribution in [2.45, 2.75) is 20.3 Å². The van der Waals surface area contributed by atoms with Crippen molar-refractivity contribution in [3.63, 3.8) is 0 Å². The van der Waals surface area contributed by atoms with Gasteiger partial charge in [0.05, 0.1) is 24.6 Å². The van der Waals surface area contributed by atoms with Gasteiger partial charge in [0.2, 0.25) is 0 Å². The minimum absolute atomic E-state index is 0.185. The summed E-state index contributed by atoms with van der Waals surface area (Å²) in [5, 5.41) is 3.12. The molecule has 0 saturated carbocycles. The highest BCUT2D eigenvalue weighted by Crippen LogP contribution is 2.30. The van der Waals surface area contributed by atoms with E-state index in [2.05, 4.69) is 15.2 Å². The van der Waals surface area contributed by atoms with Gasteiger partial charge in [-0.05, 0) is 50.5 Å². The van der Waals surface area contributed by atoms with E-state index >= 15 is 0 Å². The van der Waals surface area contributed by atoms with Crippen LogP contribution in [-0.2, 0) is 0 Å². The minimum Gasteiger partial charge on any atom is -0.494 e. The second-order valence-corrected chi connectivity index (χ2v) is 6.93. The fourth-order valence-electron chi connectivity index (χ4n) is 3.46. The summed E-state index contributed by atoms with van der Waals surface area (Å²) in [6, 6.07) is 12.5. The lowest BCUT2D eigenvalue weighted by Gasteiger charge is -2.19. The van der Waals surface area contributed by atoms with E-state index in [1.54, 1.807) is 6.07 Å². The number of hydrogen-bond acceptors (Lipinski definition) is 4. The molecule has 6 nitrogen and oxygen atoms in total. The van der Waals surface area contributed by atoms with Gasteiger partial charge in [0.1, 0.15) is 17.3 Å². The number of nitrogens with one attached hydrogen (secondary N) is 1. The molecular weight excluding hydrogens is 371 g/mol. The van der Waals surface area contributed by atoms with Gasteiger partial charge in [-0.25, -0.2) is 4.39 Å². The summed E-state index contributed by atoms with van der Waals surface area (Å²) in [6.07, 6.45) is 0.954. The zero-order valence-corrected chi connectivity index (χ0v) is 17.0. The Kier molecular flexibility index (Phi) is 7.16. The number of guanidine groups is 1.